The van der Waals surface area contributed by atoms with Gasteiger partial charge in [0.2, 0.25) is 11.8 Å². The van der Waals surface area contributed by atoms with Crippen molar-refractivity contribution in [3.05, 3.63) is 92.9 Å². The average molecular weight is 471 g/mol. The van der Waals surface area contributed by atoms with Crippen molar-refractivity contribution in [2.45, 2.75) is 24.5 Å². The Labute approximate surface area is 195 Å². The highest BCUT2D eigenvalue weighted by Crippen LogP contribution is 2.15. The third-order valence-electron chi connectivity index (χ3n) is 4.47. The summed E-state index contributed by atoms with van der Waals surface area (Å²) in [6.07, 6.45) is 0.713. The number of amides is 2. The minimum absolute atomic E-state index is 0.00896. The van der Waals surface area contributed by atoms with E-state index in [1.807, 2.05) is 48.5 Å². The van der Waals surface area contributed by atoms with Gasteiger partial charge in [-0.25, -0.2) is 4.98 Å². The number of aromatic amines is 1. The van der Waals surface area contributed by atoms with E-state index < -0.39 is 0 Å². The molecular formula is C23H23ClN4O3S. The summed E-state index contributed by atoms with van der Waals surface area (Å²) in [6, 6.07) is 18.4. The molecule has 0 fully saturated rings. The van der Waals surface area contributed by atoms with E-state index in [0.717, 1.165) is 29.3 Å². The highest BCUT2D eigenvalue weighted by molar-refractivity contribution is 7.99. The SMILES string of the molecule is O=C(CSc1nc(CC(=O)NCCc2ccccc2)cc(=O)[nH]1)NCc1ccccc1Cl. The van der Waals surface area contributed by atoms with Crippen LogP contribution in [-0.2, 0) is 29.0 Å². The lowest BCUT2D eigenvalue weighted by molar-refractivity contribution is -0.120. The van der Waals surface area contributed by atoms with Crippen LogP contribution in [0.15, 0.2) is 70.6 Å². The van der Waals surface area contributed by atoms with Crippen molar-refractivity contribution >= 4 is 35.2 Å². The van der Waals surface area contributed by atoms with Gasteiger partial charge < -0.3 is 15.6 Å². The Bertz CT molecular complexity index is 1120. The molecule has 166 valence electrons. The zero-order valence-corrected chi connectivity index (χ0v) is 18.8. The molecule has 1 aromatic heterocycles. The van der Waals surface area contributed by atoms with E-state index in [4.69, 9.17) is 11.6 Å². The van der Waals surface area contributed by atoms with Gasteiger partial charge in [-0.1, -0.05) is 71.9 Å². The fourth-order valence-corrected chi connectivity index (χ4v) is 3.81. The summed E-state index contributed by atoms with van der Waals surface area (Å²) in [4.78, 5) is 43.1. The Kier molecular flexibility index (Phi) is 8.89. The molecule has 0 radical (unpaired) electrons. The second kappa shape index (κ2) is 12.1. The third-order valence-corrected chi connectivity index (χ3v) is 5.71. The molecule has 0 aliphatic rings. The molecule has 0 atom stereocenters. The smallest absolute Gasteiger partial charge is 0.251 e. The topological polar surface area (TPSA) is 104 Å². The van der Waals surface area contributed by atoms with Crippen molar-refractivity contribution in [3.63, 3.8) is 0 Å². The van der Waals surface area contributed by atoms with Gasteiger partial charge in [-0.3, -0.25) is 14.4 Å². The van der Waals surface area contributed by atoms with Crippen LogP contribution in [0.2, 0.25) is 5.02 Å². The largest absolute Gasteiger partial charge is 0.355 e. The number of nitrogens with zero attached hydrogens (tertiary/aromatic N) is 1. The first kappa shape index (κ1) is 23.6. The molecule has 0 spiro atoms. The first-order valence-electron chi connectivity index (χ1n) is 10.0. The summed E-state index contributed by atoms with van der Waals surface area (Å²) in [5, 5.41) is 6.49. The maximum Gasteiger partial charge on any atom is 0.251 e. The lowest BCUT2D eigenvalue weighted by Crippen LogP contribution is -2.28. The number of halogens is 1. The Morgan fingerprint density at radius 1 is 1.00 bits per heavy atom. The van der Waals surface area contributed by atoms with E-state index in [0.29, 0.717) is 23.8 Å². The first-order valence-corrected chi connectivity index (χ1v) is 11.4. The number of thioether (sulfide) groups is 1. The van der Waals surface area contributed by atoms with Gasteiger partial charge in [0.15, 0.2) is 5.16 Å². The molecule has 2 aromatic carbocycles. The van der Waals surface area contributed by atoms with Crippen molar-refractivity contribution in [1.82, 2.24) is 20.6 Å². The average Bonchev–Trinajstić information content (AvgIpc) is 2.77. The van der Waals surface area contributed by atoms with E-state index >= 15 is 0 Å². The van der Waals surface area contributed by atoms with E-state index in [-0.39, 0.29) is 34.7 Å². The molecule has 0 bridgehead atoms. The summed E-state index contributed by atoms with van der Waals surface area (Å²) < 4.78 is 0. The van der Waals surface area contributed by atoms with Gasteiger partial charge in [0.05, 0.1) is 17.9 Å². The van der Waals surface area contributed by atoms with Crippen LogP contribution in [0.1, 0.15) is 16.8 Å². The Balaban J connectivity index is 1.46. The second-order valence-corrected chi connectivity index (χ2v) is 8.33. The van der Waals surface area contributed by atoms with Crippen LogP contribution >= 0.6 is 23.4 Å². The number of benzene rings is 2. The number of hydrogen-bond acceptors (Lipinski definition) is 5. The van der Waals surface area contributed by atoms with Crippen molar-refractivity contribution in [2.24, 2.45) is 0 Å². The first-order chi connectivity index (χ1) is 15.5. The maximum atomic E-state index is 12.2. The summed E-state index contributed by atoms with van der Waals surface area (Å²) in [6.45, 7) is 0.811. The van der Waals surface area contributed by atoms with Crippen LogP contribution in [-0.4, -0.2) is 34.1 Å². The molecule has 3 N–H and O–H groups in total. The molecule has 1 heterocycles. The van der Waals surface area contributed by atoms with Gasteiger partial charge in [0.25, 0.3) is 5.56 Å². The third kappa shape index (κ3) is 7.86. The zero-order chi connectivity index (χ0) is 22.8. The van der Waals surface area contributed by atoms with E-state index in [2.05, 4.69) is 20.6 Å². The summed E-state index contributed by atoms with van der Waals surface area (Å²) in [5.41, 5.74) is 1.93. The molecule has 0 unspecified atom stereocenters. The van der Waals surface area contributed by atoms with Crippen LogP contribution in [0, 0.1) is 0 Å². The highest BCUT2D eigenvalue weighted by atomic mass is 35.5. The number of carbonyl (C=O) groups is 2. The molecule has 3 rings (SSSR count). The van der Waals surface area contributed by atoms with Gasteiger partial charge in [-0.15, -0.1) is 0 Å². The van der Waals surface area contributed by atoms with Crippen LogP contribution in [0.5, 0.6) is 0 Å². The zero-order valence-electron chi connectivity index (χ0n) is 17.3. The van der Waals surface area contributed by atoms with Crippen molar-refractivity contribution in [1.29, 1.82) is 0 Å². The quantitative estimate of drug-likeness (QED) is 0.312. The maximum absolute atomic E-state index is 12.2. The van der Waals surface area contributed by atoms with Gasteiger partial charge in [0, 0.05) is 24.2 Å². The van der Waals surface area contributed by atoms with Crippen LogP contribution < -0.4 is 16.2 Å². The standard InChI is InChI=1S/C23H23ClN4O3S/c24-19-9-5-4-8-17(19)14-26-22(31)15-32-23-27-18(13-21(30)28-23)12-20(29)25-11-10-16-6-2-1-3-7-16/h1-9,13H,10-12,14-15H2,(H,25,29)(H,26,31)(H,27,28,30). The summed E-state index contributed by atoms with van der Waals surface area (Å²) in [7, 11) is 0. The van der Waals surface area contributed by atoms with E-state index in [1.165, 1.54) is 6.07 Å². The number of rotatable bonds is 10. The van der Waals surface area contributed by atoms with Crippen LogP contribution in [0.4, 0.5) is 0 Å². The fraction of sp³-hybridized carbons (Fsp3) is 0.217. The highest BCUT2D eigenvalue weighted by Gasteiger charge is 2.10. The molecule has 9 heteroatoms. The van der Waals surface area contributed by atoms with Gasteiger partial charge in [0.1, 0.15) is 0 Å². The normalized spacial score (nSPS) is 10.5. The van der Waals surface area contributed by atoms with Crippen LogP contribution in [0.25, 0.3) is 0 Å². The second-order valence-electron chi connectivity index (χ2n) is 6.96. The Morgan fingerprint density at radius 3 is 2.53 bits per heavy atom. The minimum atomic E-state index is -0.369. The Morgan fingerprint density at radius 2 is 1.75 bits per heavy atom. The molecule has 0 saturated carbocycles. The molecule has 0 aliphatic heterocycles. The van der Waals surface area contributed by atoms with Gasteiger partial charge >= 0.3 is 0 Å². The van der Waals surface area contributed by atoms with Gasteiger partial charge in [-0.05, 0) is 23.6 Å². The molecule has 3 aromatic rings. The number of H-pyrrole nitrogens is 1. The molecule has 7 nitrogen and oxygen atoms in total. The molecule has 0 saturated heterocycles. The predicted molar refractivity (Wildman–Crippen MR) is 126 cm³/mol. The van der Waals surface area contributed by atoms with Crippen molar-refractivity contribution in [2.75, 3.05) is 12.3 Å². The molecule has 2 amide bonds. The number of aromatic nitrogens is 2. The Hall–Kier alpha value is -3.10. The summed E-state index contributed by atoms with van der Waals surface area (Å²) >= 11 is 7.18. The lowest BCUT2D eigenvalue weighted by atomic mass is 10.1. The van der Waals surface area contributed by atoms with Crippen molar-refractivity contribution in [3.8, 4) is 0 Å². The predicted octanol–water partition coefficient (Wildman–Crippen LogP) is 2.73. The van der Waals surface area contributed by atoms with E-state index in [1.54, 1.807) is 6.07 Å². The summed E-state index contributed by atoms with van der Waals surface area (Å²) in [5.74, 6) is -0.366. The number of hydrogen-bond donors (Lipinski definition) is 3. The fourth-order valence-electron chi connectivity index (χ4n) is 2.88. The monoisotopic (exact) mass is 470 g/mol. The van der Waals surface area contributed by atoms with Gasteiger partial charge in [-0.2, -0.15) is 0 Å². The molecule has 0 aliphatic carbocycles. The minimum Gasteiger partial charge on any atom is -0.355 e. The van der Waals surface area contributed by atoms with Crippen LogP contribution in [0.3, 0.4) is 0 Å². The molecule has 32 heavy (non-hydrogen) atoms. The van der Waals surface area contributed by atoms with Crippen molar-refractivity contribution < 1.29 is 9.59 Å². The number of carbonyl (C=O) groups excluding carboxylic acids is 2. The number of nitrogens with one attached hydrogen (secondary N) is 3. The lowest BCUT2D eigenvalue weighted by Gasteiger charge is -2.08. The van der Waals surface area contributed by atoms with E-state index in [9.17, 15) is 14.4 Å². The molecular weight excluding hydrogens is 448 g/mol.